The first kappa shape index (κ1) is 11.0. The second kappa shape index (κ2) is 4.99. The molecule has 1 fully saturated rings. The molecule has 1 amide bonds. The first-order valence-corrected chi connectivity index (χ1v) is 5.49. The predicted octanol–water partition coefficient (Wildman–Crippen LogP) is 0.0663. The van der Waals surface area contributed by atoms with Crippen LogP contribution in [0.2, 0.25) is 0 Å². The maximum absolute atomic E-state index is 11.0. The van der Waals surface area contributed by atoms with Crippen LogP contribution in [0.25, 0.3) is 0 Å². The predicted molar refractivity (Wildman–Crippen MR) is 55.2 cm³/mol. The van der Waals surface area contributed by atoms with E-state index < -0.39 is 11.7 Å². The summed E-state index contributed by atoms with van der Waals surface area (Å²) < 4.78 is 0. The smallest absolute Gasteiger partial charge is 0.291 e. The third kappa shape index (κ3) is 2.47. The highest BCUT2D eigenvalue weighted by Crippen LogP contribution is 2.14. The topological polar surface area (TPSA) is 72.8 Å². The lowest BCUT2D eigenvalue weighted by Crippen LogP contribution is -2.34. The Morgan fingerprint density at radius 2 is 1.93 bits per heavy atom. The standard InChI is InChI=1S/C8H14N2O3S/c1-9-7(12)6(11)8(13)10-2-4-14-5-3-10/h11,13H,2-5H2,1H3,(H,9,12)/b8-6-. The molecule has 0 saturated carbocycles. The number of likely N-dealkylation sites (N-methyl/N-ethyl adjacent to an activating group) is 1. The van der Waals surface area contributed by atoms with Crippen LogP contribution in [0.3, 0.4) is 0 Å². The molecule has 3 N–H and O–H groups in total. The van der Waals surface area contributed by atoms with Gasteiger partial charge in [0.05, 0.1) is 0 Å². The summed E-state index contributed by atoms with van der Waals surface area (Å²) in [7, 11) is 1.40. The van der Waals surface area contributed by atoms with Crippen LogP contribution in [0, 0.1) is 0 Å². The van der Waals surface area contributed by atoms with Crippen molar-refractivity contribution in [2.45, 2.75) is 0 Å². The van der Waals surface area contributed by atoms with E-state index in [4.69, 9.17) is 0 Å². The van der Waals surface area contributed by atoms with Crippen LogP contribution < -0.4 is 5.32 Å². The van der Waals surface area contributed by atoms with Gasteiger partial charge in [-0.2, -0.15) is 11.8 Å². The van der Waals surface area contributed by atoms with Crippen LogP contribution in [-0.2, 0) is 4.79 Å². The second-order valence-corrected chi connectivity index (χ2v) is 4.08. The highest BCUT2D eigenvalue weighted by Gasteiger charge is 2.20. The van der Waals surface area contributed by atoms with Gasteiger partial charge in [0.25, 0.3) is 5.91 Å². The van der Waals surface area contributed by atoms with Crippen molar-refractivity contribution in [1.29, 1.82) is 0 Å². The van der Waals surface area contributed by atoms with Gasteiger partial charge in [0.1, 0.15) is 0 Å². The number of hydrogen-bond acceptors (Lipinski definition) is 5. The van der Waals surface area contributed by atoms with Gasteiger partial charge in [0.15, 0.2) is 0 Å². The molecule has 1 rings (SSSR count). The van der Waals surface area contributed by atoms with E-state index in [2.05, 4.69) is 5.32 Å². The van der Waals surface area contributed by atoms with Crippen molar-refractivity contribution in [3.8, 4) is 0 Å². The van der Waals surface area contributed by atoms with Crippen LogP contribution in [-0.4, -0.2) is 52.7 Å². The van der Waals surface area contributed by atoms with Crippen molar-refractivity contribution in [2.75, 3.05) is 31.6 Å². The van der Waals surface area contributed by atoms with Gasteiger partial charge in [-0.15, -0.1) is 0 Å². The molecule has 0 aromatic rings. The third-order valence-electron chi connectivity index (χ3n) is 1.96. The van der Waals surface area contributed by atoms with Gasteiger partial charge >= 0.3 is 0 Å². The second-order valence-electron chi connectivity index (χ2n) is 2.85. The SMILES string of the molecule is CNC(=O)/C(O)=C(/O)N1CCSCC1. The molecule has 1 aliphatic heterocycles. The zero-order valence-corrected chi connectivity index (χ0v) is 8.80. The summed E-state index contributed by atoms with van der Waals surface area (Å²) >= 11 is 1.78. The van der Waals surface area contributed by atoms with E-state index in [-0.39, 0.29) is 5.88 Å². The van der Waals surface area contributed by atoms with Crippen molar-refractivity contribution >= 4 is 17.7 Å². The van der Waals surface area contributed by atoms with Crippen LogP contribution >= 0.6 is 11.8 Å². The normalized spacial score (nSPS) is 18.8. The Labute approximate surface area is 86.8 Å². The maximum atomic E-state index is 11.0. The van der Waals surface area contributed by atoms with E-state index in [0.29, 0.717) is 13.1 Å². The monoisotopic (exact) mass is 218 g/mol. The molecule has 1 saturated heterocycles. The average molecular weight is 218 g/mol. The van der Waals surface area contributed by atoms with E-state index in [0.717, 1.165) is 11.5 Å². The average Bonchev–Trinajstić information content (AvgIpc) is 2.27. The van der Waals surface area contributed by atoms with Gasteiger partial charge < -0.3 is 20.4 Å². The highest BCUT2D eigenvalue weighted by atomic mass is 32.2. The minimum absolute atomic E-state index is 0.329. The van der Waals surface area contributed by atoms with E-state index in [1.54, 1.807) is 16.7 Å². The van der Waals surface area contributed by atoms with Gasteiger partial charge in [-0.05, 0) is 0 Å². The molecule has 6 heteroatoms. The molecule has 0 unspecified atom stereocenters. The van der Waals surface area contributed by atoms with Crippen LogP contribution in [0.1, 0.15) is 0 Å². The molecule has 0 bridgehead atoms. The minimum atomic E-state index is -0.666. The highest BCUT2D eigenvalue weighted by molar-refractivity contribution is 7.99. The molecule has 1 aliphatic rings. The van der Waals surface area contributed by atoms with Crippen molar-refractivity contribution < 1.29 is 15.0 Å². The zero-order chi connectivity index (χ0) is 10.6. The Morgan fingerprint density at radius 1 is 1.36 bits per heavy atom. The number of nitrogens with one attached hydrogen (secondary N) is 1. The Kier molecular flexibility index (Phi) is 3.94. The summed E-state index contributed by atoms with van der Waals surface area (Å²) in [5, 5.41) is 21.1. The molecule has 0 aromatic carbocycles. The quantitative estimate of drug-likeness (QED) is 0.452. The van der Waals surface area contributed by atoms with E-state index in [9.17, 15) is 15.0 Å². The summed E-state index contributed by atoms with van der Waals surface area (Å²) in [5.74, 6) is 0.181. The zero-order valence-electron chi connectivity index (χ0n) is 7.99. The fourth-order valence-electron chi connectivity index (χ4n) is 1.14. The van der Waals surface area contributed by atoms with Crippen LogP contribution in [0.15, 0.2) is 11.6 Å². The molecule has 0 radical (unpaired) electrons. The lowest BCUT2D eigenvalue weighted by atomic mass is 10.4. The number of nitrogens with zero attached hydrogens (tertiary/aromatic N) is 1. The lowest BCUT2D eigenvalue weighted by Gasteiger charge is -2.27. The fourth-order valence-corrected chi connectivity index (χ4v) is 2.05. The van der Waals surface area contributed by atoms with E-state index >= 15 is 0 Å². The van der Waals surface area contributed by atoms with Crippen molar-refractivity contribution in [1.82, 2.24) is 10.2 Å². The molecular formula is C8H14N2O3S. The summed E-state index contributed by atoms with van der Waals surface area (Å²) in [6.45, 7) is 1.30. The summed E-state index contributed by atoms with van der Waals surface area (Å²) in [5.41, 5.74) is 0. The Bertz CT molecular complexity index is 249. The molecule has 0 spiro atoms. The van der Waals surface area contributed by atoms with Gasteiger partial charge in [-0.25, -0.2) is 0 Å². The summed E-state index contributed by atoms with van der Waals surface area (Å²) in [4.78, 5) is 12.6. The first-order valence-electron chi connectivity index (χ1n) is 4.33. The number of aliphatic hydroxyl groups excluding tert-OH is 2. The maximum Gasteiger partial charge on any atom is 0.291 e. The van der Waals surface area contributed by atoms with Gasteiger partial charge in [0.2, 0.25) is 11.6 Å². The molecule has 14 heavy (non-hydrogen) atoms. The Balaban J connectivity index is 2.69. The Hall–Kier alpha value is -1.04. The minimum Gasteiger partial charge on any atom is -0.499 e. The number of rotatable bonds is 2. The van der Waals surface area contributed by atoms with Gasteiger partial charge in [0, 0.05) is 31.6 Å². The van der Waals surface area contributed by atoms with Crippen molar-refractivity contribution in [3.63, 3.8) is 0 Å². The van der Waals surface area contributed by atoms with Crippen LogP contribution in [0.4, 0.5) is 0 Å². The number of aliphatic hydroxyl groups is 2. The summed E-state index contributed by atoms with van der Waals surface area (Å²) in [6, 6.07) is 0. The number of hydrogen-bond donors (Lipinski definition) is 3. The molecule has 5 nitrogen and oxygen atoms in total. The number of carbonyl (C=O) groups excluding carboxylic acids is 1. The van der Waals surface area contributed by atoms with Gasteiger partial charge in [-0.3, -0.25) is 4.79 Å². The number of amides is 1. The van der Waals surface area contributed by atoms with Crippen molar-refractivity contribution in [2.24, 2.45) is 0 Å². The van der Waals surface area contributed by atoms with Crippen LogP contribution in [0.5, 0.6) is 0 Å². The molecular weight excluding hydrogens is 204 g/mol. The third-order valence-corrected chi connectivity index (χ3v) is 2.91. The van der Waals surface area contributed by atoms with E-state index in [1.807, 2.05) is 0 Å². The fraction of sp³-hybridized carbons (Fsp3) is 0.625. The molecule has 0 aromatic heterocycles. The number of thioether (sulfide) groups is 1. The lowest BCUT2D eigenvalue weighted by molar-refractivity contribution is -0.120. The van der Waals surface area contributed by atoms with E-state index in [1.165, 1.54) is 7.05 Å². The number of carbonyl (C=O) groups is 1. The summed E-state index contributed by atoms with van der Waals surface area (Å²) in [6.07, 6.45) is 0. The molecule has 80 valence electrons. The Morgan fingerprint density at radius 3 is 2.43 bits per heavy atom. The first-order chi connectivity index (χ1) is 6.66. The molecule has 1 heterocycles. The molecule has 0 aliphatic carbocycles. The van der Waals surface area contributed by atoms with Gasteiger partial charge in [-0.1, -0.05) is 0 Å². The largest absolute Gasteiger partial charge is 0.499 e. The molecule has 0 atom stereocenters. The van der Waals surface area contributed by atoms with Crippen molar-refractivity contribution in [3.05, 3.63) is 11.6 Å².